The second-order valence-electron chi connectivity index (χ2n) is 16.1. The number of benzene rings is 2. The molecule has 0 aliphatic carbocycles. The lowest BCUT2D eigenvalue weighted by atomic mass is 10.0. The van der Waals surface area contributed by atoms with Gasteiger partial charge in [0.25, 0.3) is 11.8 Å². The minimum Gasteiger partial charge on any atom is -0.425 e. The smallest absolute Gasteiger partial charge is 0.334 e. The van der Waals surface area contributed by atoms with Crippen LogP contribution in [0, 0.1) is 0 Å². The van der Waals surface area contributed by atoms with E-state index in [-0.39, 0.29) is 23.8 Å². The van der Waals surface area contributed by atoms with Crippen molar-refractivity contribution in [1.29, 1.82) is 0 Å². The quantitative estimate of drug-likeness (QED) is 0.0807. The first-order valence-electron chi connectivity index (χ1n) is 21.3. The van der Waals surface area contributed by atoms with Crippen molar-refractivity contribution < 1.29 is 38.1 Å². The Morgan fingerprint density at radius 1 is 0.562 bits per heavy atom. The van der Waals surface area contributed by atoms with Crippen molar-refractivity contribution in [2.75, 3.05) is 78.3 Å². The number of amides is 2. The summed E-state index contributed by atoms with van der Waals surface area (Å²) in [4.78, 5) is 83.1. The number of carbonyl (C=O) groups is 4. The molecule has 0 bridgehead atoms. The van der Waals surface area contributed by atoms with Crippen LogP contribution in [-0.2, 0) is 41.7 Å². The van der Waals surface area contributed by atoms with Gasteiger partial charge >= 0.3 is 36.3 Å². The molecule has 18 heteroatoms. The molecule has 2 unspecified atom stereocenters. The first kappa shape index (κ1) is 46.8. The summed E-state index contributed by atoms with van der Waals surface area (Å²) in [5.41, 5.74) is 2.42. The largest absolute Gasteiger partial charge is 0.425 e. The Balaban J connectivity index is 1.13. The monoisotopic (exact) mass is 878 g/mol. The van der Waals surface area contributed by atoms with Crippen LogP contribution >= 0.6 is 0 Å². The molecule has 4 aromatic rings. The summed E-state index contributed by atoms with van der Waals surface area (Å²) < 4.78 is 23.1. The summed E-state index contributed by atoms with van der Waals surface area (Å²) in [5.74, 6) is -2.94. The van der Waals surface area contributed by atoms with Crippen molar-refractivity contribution in [1.82, 2.24) is 39.5 Å². The number of nitrogens with zero attached hydrogens (tertiary/aromatic N) is 10. The summed E-state index contributed by atoms with van der Waals surface area (Å²) in [6.07, 6.45) is 6.46. The Kier molecular flexibility index (Phi) is 16.6. The minimum atomic E-state index is -1.79. The molecule has 0 spiro atoms. The van der Waals surface area contributed by atoms with Crippen molar-refractivity contribution in [2.24, 2.45) is 0 Å². The van der Waals surface area contributed by atoms with Gasteiger partial charge in [0.15, 0.2) is 11.6 Å². The number of hydrogen-bond donors (Lipinski definition) is 0. The third kappa shape index (κ3) is 12.9. The predicted octanol–water partition coefficient (Wildman–Crippen LogP) is 3.40. The third-order valence-corrected chi connectivity index (χ3v) is 11.2. The summed E-state index contributed by atoms with van der Waals surface area (Å²) in [6, 6.07) is 20.0. The lowest BCUT2D eigenvalue weighted by Gasteiger charge is -2.37. The fourth-order valence-corrected chi connectivity index (χ4v) is 7.60. The Morgan fingerprint density at radius 2 is 0.906 bits per heavy atom. The maximum atomic E-state index is 14.1. The molecule has 2 saturated heterocycles. The number of carbonyl (C=O) groups excluding carboxylic acids is 4. The van der Waals surface area contributed by atoms with Gasteiger partial charge in [0, 0.05) is 131 Å². The zero-order valence-electron chi connectivity index (χ0n) is 37.4. The molecule has 2 aromatic carbocycles. The molecule has 0 radical (unpaired) electrons. The molecule has 2 aliphatic rings. The molecule has 2 atom stereocenters. The van der Waals surface area contributed by atoms with Gasteiger partial charge in [0.2, 0.25) is 0 Å². The molecule has 0 saturated carbocycles. The number of esters is 2. The number of hydrogen-bond acceptors (Lipinski definition) is 16. The molecule has 4 heterocycles. The Morgan fingerprint density at radius 3 is 1.25 bits per heavy atom. The molecule has 2 aromatic heterocycles. The average Bonchev–Trinajstić information content (AvgIpc) is 3.31. The van der Waals surface area contributed by atoms with E-state index in [4.69, 9.17) is 18.9 Å². The van der Waals surface area contributed by atoms with Gasteiger partial charge in [0.05, 0.1) is 0 Å². The van der Waals surface area contributed by atoms with E-state index < -0.39 is 36.3 Å². The molecule has 0 N–H and O–H groups in total. The van der Waals surface area contributed by atoms with E-state index >= 15 is 0 Å². The molecule has 18 nitrogen and oxygen atoms in total. The van der Waals surface area contributed by atoms with Gasteiger partial charge in [-0.25, -0.2) is 29.5 Å². The molecule has 2 fully saturated rings. The third-order valence-electron chi connectivity index (χ3n) is 11.2. The number of aromatic nitrogens is 4. The molecule has 6 rings (SSSR count). The highest BCUT2D eigenvalue weighted by Gasteiger charge is 2.36. The molecule has 64 heavy (non-hydrogen) atoms. The van der Waals surface area contributed by atoms with Crippen LogP contribution in [0.25, 0.3) is 0 Å². The highest BCUT2D eigenvalue weighted by Crippen LogP contribution is 2.26. The number of anilines is 2. The predicted molar refractivity (Wildman–Crippen MR) is 238 cm³/mol. The van der Waals surface area contributed by atoms with Crippen LogP contribution in [0.2, 0.25) is 0 Å². The Labute approximate surface area is 374 Å². The molecule has 2 amide bonds. The zero-order chi connectivity index (χ0) is 45.6. The Hall–Kier alpha value is -6.66. The molecular weight excluding hydrogens is 821 g/mol. The van der Waals surface area contributed by atoms with E-state index in [1.54, 1.807) is 52.1 Å². The van der Waals surface area contributed by atoms with Gasteiger partial charge in [-0.1, -0.05) is 60.7 Å². The minimum absolute atomic E-state index is 0.0429. The highest BCUT2D eigenvalue weighted by atomic mass is 16.7. The maximum Gasteiger partial charge on any atom is 0.334 e. The first-order chi connectivity index (χ1) is 30.9. The van der Waals surface area contributed by atoms with Gasteiger partial charge in [-0.2, -0.15) is 0 Å². The second kappa shape index (κ2) is 22.6. The number of piperidine rings is 2. The summed E-state index contributed by atoms with van der Waals surface area (Å²) >= 11 is 0. The van der Waals surface area contributed by atoms with Crippen LogP contribution in [0.15, 0.2) is 97.6 Å². The van der Waals surface area contributed by atoms with Crippen molar-refractivity contribution in [3.8, 4) is 11.8 Å². The fourth-order valence-electron chi connectivity index (χ4n) is 7.60. The van der Waals surface area contributed by atoms with Crippen molar-refractivity contribution in [2.45, 2.75) is 63.4 Å². The van der Waals surface area contributed by atoms with Crippen LogP contribution in [0.3, 0.4) is 0 Å². The lowest BCUT2D eigenvalue weighted by Crippen LogP contribution is -2.50. The fraction of sp³-hybridized carbons (Fsp3) is 0.435. The van der Waals surface area contributed by atoms with Gasteiger partial charge in [0.1, 0.15) is 0 Å². The van der Waals surface area contributed by atoms with E-state index in [9.17, 15) is 19.2 Å². The van der Waals surface area contributed by atoms with Crippen LogP contribution in [-0.4, -0.2) is 156 Å². The van der Waals surface area contributed by atoms with Crippen molar-refractivity contribution >= 4 is 35.4 Å². The summed E-state index contributed by atoms with van der Waals surface area (Å²) in [6.45, 7) is 4.62. The topological polar surface area (TPSA) is 176 Å². The second-order valence-corrected chi connectivity index (χ2v) is 16.1. The van der Waals surface area contributed by atoms with Crippen molar-refractivity contribution in [3.05, 3.63) is 109 Å². The summed E-state index contributed by atoms with van der Waals surface area (Å²) in [7, 11) is 10.2. The zero-order valence-corrected chi connectivity index (χ0v) is 37.4. The number of rotatable bonds is 18. The Bertz CT molecular complexity index is 2030. The maximum absolute atomic E-state index is 14.1. The van der Waals surface area contributed by atoms with Crippen LogP contribution < -0.4 is 19.3 Å². The van der Waals surface area contributed by atoms with Gasteiger partial charge in [-0.05, 0) is 36.8 Å². The first-order valence-corrected chi connectivity index (χ1v) is 21.3. The van der Waals surface area contributed by atoms with E-state index in [0.29, 0.717) is 37.3 Å². The van der Waals surface area contributed by atoms with Crippen LogP contribution in [0.5, 0.6) is 11.8 Å². The number of likely N-dealkylation sites (tertiary alicyclic amines) is 2. The van der Waals surface area contributed by atoms with E-state index in [1.807, 2.05) is 36.4 Å². The lowest BCUT2D eigenvalue weighted by molar-refractivity contribution is -0.177. The number of ether oxygens (including phenoxy) is 4. The summed E-state index contributed by atoms with van der Waals surface area (Å²) in [5, 5.41) is 0. The van der Waals surface area contributed by atoms with Crippen LogP contribution in [0.1, 0.15) is 36.8 Å². The number of likely N-dealkylation sites (N-methyl/N-ethyl adjacent to an activating group) is 2. The van der Waals surface area contributed by atoms with E-state index in [2.05, 4.69) is 54.0 Å². The van der Waals surface area contributed by atoms with E-state index in [1.165, 1.54) is 45.7 Å². The van der Waals surface area contributed by atoms with Gasteiger partial charge in [-0.15, -0.1) is 0 Å². The highest BCUT2D eigenvalue weighted by molar-refractivity contribution is 5.94. The van der Waals surface area contributed by atoms with E-state index in [0.717, 1.165) is 51.4 Å². The van der Waals surface area contributed by atoms with Crippen LogP contribution in [0.4, 0.5) is 11.6 Å². The van der Waals surface area contributed by atoms with Gasteiger partial charge in [-0.3, -0.25) is 19.4 Å². The average molecular weight is 879 g/mol. The molecule has 2 aliphatic heterocycles. The van der Waals surface area contributed by atoms with Crippen molar-refractivity contribution in [3.63, 3.8) is 0 Å². The van der Waals surface area contributed by atoms with Gasteiger partial charge < -0.3 is 38.5 Å². The molecule has 340 valence electrons. The standard InChI is InChI=1S/C46H58N10O8/c1-51(2)39-41(49-25-23-47-39)63-45(43(59)53(5)35-19-27-55(28-20-35)31-33-13-9-7-10-14-33)61-37(57)17-18-38(58)62-46(64-42-40(52(3)4)48-24-26-50-42)44(60)54(6)36-21-29-56(30-22-36)32-34-15-11-8-12-16-34/h7-18,23-26,35-36,45-46H,19-22,27-32H2,1-6H3/b18-17-. The normalized spacial score (nSPS) is 16.0. The SMILES string of the molecule is CN(C)c1nccnc1OC(OC(=O)/C=C\C(=O)OC(Oc1nccnc1N(C)C)C(=O)N(C)C1CCN(Cc2ccccc2)CC1)C(=O)N(C)C1CCN(Cc2ccccc2)CC1. The molecular formula is C46H58N10O8.